The lowest BCUT2D eigenvalue weighted by atomic mass is 9.77. The number of ether oxygens (including phenoxy) is 4. The summed E-state index contributed by atoms with van der Waals surface area (Å²) >= 11 is 0. The Morgan fingerprint density at radius 2 is 1.10 bits per heavy atom. The molecule has 6 nitrogen and oxygen atoms in total. The van der Waals surface area contributed by atoms with Crippen molar-refractivity contribution in [1.29, 1.82) is 0 Å². The molecule has 6 heteroatoms. The van der Waals surface area contributed by atoms with Crippen molar-refractivity contribution in [3.8, 4) is 11.5 Å². The number of rotatable bonds is 12. The Bertz CT molecular complexity index is 684. The molecule has 0 aromatic heterocycles. The molecule has 0 bridgehead atoms. The van der Waals surface area contributed by atoms with Crippen molar-refractivity contribution in [2.75, 3.05) is 26.4 Å². The van der Waals surface area contributed by atoms with Crippen LogP contribution in [-0.4, -0.2) is 49.2 Å². The van der Waals surface area contributed by atoms with Crippen LogP contribution in [0.3, 0.4) is 0 Å². The molecular weight excluding hydrogens is 372 g/mol. The minimum atomic E-state index is -0.488. The van der Waals surface area contributed by atoms with Gasteiger partial charge in [0.15, 0.2) is 12.6 Å². The van der Waals surface area contributed by atoms with Gasteiger partial charge in [0.05, 0.1) is 26.4 Å². The van der Waals surface area contributed by atoms with E-state index in [0.717, 1.165) is 11.1 Å². The average molecular weight is 405 g/mol. The van der Waals surface area contributed by atoms with Crippen molar-refractivity contribution in [2.45, 2.75) is 45.7 Å². The predicted octanol–water partition coefficient (Wildman–Crippen LogP) is 3.48. The lowest BCUT2D eigenvalue weighted by Crippen LogP contribution is -2.26. The minimum absolute atomic E-state index is 0.0535. The Morgan fingerprint density at radius 3 is 1.48 bits per heavy atom. The zero-order valence-corrected chi connectivity index (χ0v) is 17.6. The summed E-state index contributed by atoms with van der Waals surface area (Å²) in [6.07, 6.45) is -0.977. The van der Waals surface area contributed by atoms with Gasteiger partial charge in [-0.1, -0.05) is 50.2 Å². The van der Waals surface area contributed by atoms with E-state index in [1.807, 2.05) is 48.5 Å². The summed E-state index contributed by atoms with van der Waals surface area (Å²) in [5, 5.41) is 17.9. The molecule has 2 aromatic carbocycles. The fraction of sp³-hybridized carbons (Fsp3) is 0.478. The molecule has 0 aliphatic carbocycles. The van der Waals surface area contributed by atoms with Crippen LogP contribution in [0.25, 0.3) is 0 Å². The van der Waals surface area contributed by atoms with Gasteiger partial charge in [-0.25, -0.2) is 0 Å². The number of hydrogen-bond acceptors (Lipinski definition) is 6. The molecule has 2 atom stereocenters. The Hall–Kier alpha value is -2.12. The van der Waals surface area contributed by atoms with E-state index in [9.17, 15) is 0 Å². The highest BCUT2D eigenvalue weighted by molar-refractivity contribution is 5.50. The molecule has 29 heavy (non-hydrogen) atoms. The van der Waals surface area contributed by atoms with Crippen molar-refractivity contribution < 1.29 is 29.2 Å². The molecule has 0 amide bonds. The van der Waals surface area contributed by atoms with Gasteiger partial charge in [0.1, 0.15) is 11.5 Å². The van der Waals surface area contributed by atoms with Crippen LogP contribution in [0.15, 0.2) is 48.5 Å². The van der Waals surface area contributed by atoms with E-state index in [1.54, 1.807) is 13.8 Å². The molecule has 0 spiro atoms. The molecule has 0 aliphatic heterocycles. The van der Waals surface area contributed by atoms with Crippen LogP contribution in [0.4, 0.5) is 0 Å². The Labute approximate surface area is 173 Å². The molecular formula is C23H32O6. The number of hydrogen-bond donors (Lipinski definition) is 2. The molecule has 0 heterocycles. The van der Waals surface area contributed by atoms with Crippen LogP contribution in [0, 0.1) is 0 Å². The smallest absolute Gasteiger partial charge is 0.197 e. The van der Waals surface area contributed by atoms with Gasteiger partial charge in [-0.3, -0.25) is 0 Å². The average Bonchev–Trinajstić information content (AvgIpc) is 2.71. The van der Waals surface area contributed by atoms with E-state index in [4.69, 9.17) is 29.2 Å². The van der Waals surface area contributed by atoms with Gasteiger partial charge in [0, 0.05) is 16.5 Å². The maximum atomic E-state index is 8.95. The molecule has 2 N–H and O–H groups in total. The van der Waals surface area contributed by atoms with Crippen LogP contribution in [0.1, 0.15) is 38.8 Å². The number of para-hydroxylation sites is 2. The Kier molecular flexibility index (Phi) is 8.92. The first kappa shape index (κ1) is 23.2. The van der Waals surface area contributed by atoms with Crippen molar-refractivity contribution in [1.82, 2.24) is 0 Å². The lowest BCUT2D eigenvalue weighted by molar-refractivity contribution is -0.0773. The maximum absolute atomic E-state index is 8.95. The van der Waals surface area contributed by atoms with Crippen molar-refractivity contribution in [3.05, 3.63) is 59.7 Å². The van der Waals surface area contributed by atoms with Crippen LogP contribution in [0.5, 0.6) is 11.5 Å². The van der Waals surface area contributed by atoms with Crippen molar-refractivity contribution in [2.24, 2.45) is 0 Å². The second kappa shape index (κ2) is 11.2. The number of aliphatic hydroxyl groups is 2. The first-order valence-corrected chi connectivity index (χ1v) is 9.87. The van der Waals surface area contributed by atoms with Gasteiger partial charge in [0.2, 0.25) is 0 Å². The van der Waals surface area contributed by atoms with Crippen LogP contribution < -0.4 is 9.47 Å². The SMILES string of the molecule is CC(OCCO)Oc1ccccc1C(C)(C)c1ccccc1OC(C)OCCO. The van der Waals surface area contributed by atoms with Crippen LogP contribution >= 0.6 is 0 Å². The molecule has 0 saturated carbocycles. The van der Waals surface area contributed by atoms with Gasteiger partial charge >= 0.3 is 0 Å². The van der Waals surface area contributed by atoms with Gasteiger partial charge < -0.3 is 29.2 Å². The summed E-state index contributed by atoms with van der Waals surface area (Å²) in [5.41, 5.74) is 1.54. The second-order valence-corrected chi connectivity index (χ2v) is 7.18. The highest BCUT2D eigenvalue weighted by Crippen LogP contribution is 2.41. The summed E-state index contributed by atoms with van der Waals surface area (Å²) in [5.74, 6) is 1.42. The van der Waals surface area contributed by atoms with Gasteiger partial charge in [-0.05, 0) is 26.0 Å². The summed E-state index contributed by atoms with van der Waals surface area (Å²) in [4.78, 5) is 0. The number of aliphatic hydroxyl groups excluding tert-OH is 2. The summed E-state index contributed by atoms with van der Waals surface area (Å²) in [7, 11) is 0. The lowest BCUT2D eigenvalue weighted by Gasteiger charge is -2.31. The standard InChI is InChI=1S/C23H32O6/c1-17(26-15-13-24)28-21-11-7-5-9-19(21)23(3,4)20-10-6-8-12-22(20)29-18(2)27-16-14-25/h5-12,17-18,24-25H,13-16H2,1-4H3. The highest BCUT2D eigenvalue weighted by atomic mass is 16.7. The van der Waals surface area contributed by atoms with Crippen molar-refractivity contribution >= 4 is 0 Å². The summed E-state index contributed by atoms with van der Waals surface area (Å²) in [6.45, 7) is 8.15. The van der Waals surface area contributed by atoms with Crippen molar-refractivity contribution in [3.63, 3.8) is 0 Å². The first-order chi connectivity index (χ1) is 13.9. The molecule has 0 saturated heterocycles. The van der Waals surface area contributed by atoms with Gasteiger partial charge in [-0.2, -0.15) is 0 Å². The fourth-order valence-electron chi connectivity index (χ4n) is 3.18. The minimum Gasteiger partial charge on any atom is -0.465 e. The predicted molar refractivity (Wildman–Crippen MR) is 111 cm³/mol. The van der Waals surface area contributed by atoms with Crippen LogP contribution in [-0.2, 0) is 14.9 Å². The van der Waals surface area contributed by atoms with E-state index in [1.165, 1.54) is 0 Å². The Balaban J connectivity index is 2.31. The molecule has 160 valence electrons. The fourth-order valence-corrected chi connectivity index (χ4v) is 3.18. The highest BCUT2D eigenvalue weighted by Gasteiger charge is 2.30. The first-order valence-electron chi connectivity index (χ1n) is 9.87. The normalized spacial score (nSPS) is 13.7. The van der Waals surface area contributed by atoms with E-state index < -0.39 is 18.0 Å². The van der Waals surface area contributed by atoms with E-state index in [-0.39, 0.29) is 26.4 Å². The third-order valence-corrected chi connectivity index (χ3v) is 4.59. The Morgan fingerprint density at radius 1 is 0.724 bits per heavy atom. The monoisotopic (exact) mass is 404 g/mol. The van der Waals surface area contributed by atoms with E-state index >= 15 is 0 Å². The van der Waals surface area contributed by atoms with Gasteiger partial charge in [0.25, 0.3) is 0 Å². The van der Waals surface area contributed by atoms with E-state index in [0.29, 0.717) is 11.5 Å². The third-order valence-electron chi connectivity index (χ3n) is 4.59. The van der Waals surface area contributed by atoms with Gasteiger partial charge in [-0.15, -0.1) is 0 Å². The zero-order chi connectivity index (χ0) is 21.3. The third kappa shape index (κ3) is 6.44. The molecule has 0 radical (unpaired) electrons. The molecule has 2 rings (SSSR count). The zero-order valence-electron chi connectivity index (χ0n) is 17.6. The maximum Gasteiger partial charge on any atom is 0.197 e. The van der Waals surface area contributed by atoms with Crippen LogP contribution in [0.2, 0.25) is 0 Å². The summed E-state index contributed by atoms with van der Waals surface area (Å²) in [6, 6.07) is 15.6. The molecule has 0 fully saturated rings. The summed E-state index contributed by atoms with van der Waals surface area (Å²) < 4.78 is 22.9. The molecule has 2 aromatic rings. The largest absolute Gasteiger partial charge is 0.465 e. The quantitative estimate of drug-likeness (QED) is 0.528. The topological polar surface area (TPSA) is 77.4 Å². The number of benzene rings is 2. The second-order valence-electron chi connectivity index (χ2n) is 7.18. The molecule has 0 aliphatic rings. The molecule has 2 unspecified atom stereocenters. The van der Waals surface area contributed by atoms with E-state index in [2.05, 4.69) is 13.8 Å².